The van der Waals surface area contributed by atoms with E-state index in [1.54, 1.807) is 12.1 Å². The standard InChI is InChI=1S/C11H9ClN2O2S/c12-9-4-3-7(17-9)6-14-8-2-1-5-13-10(8)11(15)16/h1-5,14H,6H2,(H,15,16). The zero-order valence-electron chi connectivity index (χ0n) is 8.68. The summed E-state index contributed by atoms with van der Waals surface area (Å²) in [6, 6.07) is 7.09. The van der Waals surface area contributed by atoms with Gasteiger partial charge in [0, 0.05) is 17.6 Å². The molecule has 2 rings (SSSR count). The highest BCUT2D eigenvalue weighted by molar-refractivity contribution is 7.16. The van der Waals surface area contributed by atoms with E-state index in [9.17, 15) is 4.79 Å². The number of hydrogen-bond donors (Lipinski definition) is 2. The third-order valence-corrected chi connectivity index (χ3v) is 3.32. The molecule has 2 N–H and O–H groups in total. The smallest absolute Gasteiger partial charge is 0.356 e. The van der Waals surface area contributed by atoms with Crippen LogP contribution in [-0.4, -0.2) is 16.1 Å². The Morgan fingerprint density at radius 1 is 1.47 bits per heavy atom. The summed E-state index contributed by atoms with van der Waals surface area (Å²) < 4.78 is 0.714. The molecule has 0 aliphatic heterocycles. The average Bonchev–Trinajstić information content (AvgIpc) is 2.73. The molecule has 0 unspecified atom stereocenters. The first-order valence-electron chi connectivity index (χ1n) is 4.83. The van der Waals surface area contributed by atoms with Gasteiger partial charge in [0.15, 0.2) is 5.69 Å². The summed E-state index contributed by atoms with van der Waals surface area (Å²) >= 11 is 7.26. The van der Waals surface area contributed by atoms with Crippen LogP contribution in [0, 0.1) is 0 Å². The Labute approximate surface area is 107 Å². The van der Waals surface area contributed by atoms with Gasteiger partial charge in [0.2, 0.25) is 0 Å². The van der Waals surface area contributed by atoms with Crippen molar-refractivity contribution in [3.8, 4) is 0 Å². The number of nitrogens with zero attached hydrogens (tertiary/aromatic N) is 1. The Hall–Kier alpha value is -1.59. The highest BCUT2D eigenvalue weighted by atomic mass is 35.5. The predicted octanol–water partition coefficient (Wildman–Crippen LogP) is 3.11. The molecule has 2 heterocycles. The van der Waals surface area contributed by atoms with E-state index in [0.29, 0.717) is 16.6 Å². The lowest BCUT2D eigenvalue weighted by atomic mass is 10.3. The fraction of sp³-hybridized carbons (Fsp3) is 0.0909. The van der Waals surface area contributed by atoms with Crippen molar-refractivity contribution in [1.29, 1.82) is 0 Å². The molecule has 0 atom stereocenters. The third-order valence-electron chi connectivity index (χ3n) is 2.09. The number of nitrogens with one attached hydrogen (secondary N) is 1. The Morgan fingerprint density at radius 2 is 2.29 bits per heavy atom. The quantitative estimate of drug-likeness (QED) is 0.894. The van der Waals surface area contributed by atoms with Crippen LogP contribution >= 0.6 is 22.9 Å². The van der Waals surface area contributed by atoms with E-state index in [1.807, 2.05) is 12.1 Å². The van der Waals surface area contributed by atoms with Gasteiger partial charge < -0.3 is 10.4 Å². The fourth-order valence-electron chi connectivity index (χ4n) is 1.35. The summed E-state index contributed by atoms with van der Waals surface area (Å²) in [5.41, 5.74) is 0.527. The van der Waals surface area contributed by atoms with Gasteiger partial charge in [-0.1, -0.05) is 11.6 Å². The Morgan fingerprint density at radius 3 is 2.94 bits per heavy atom. The average molecular weight is 269 g/mol. The second-order valence-corrected chi connectivity index (χ2v) is 5.06. The molecule has 0 saturated carbocycles. The number of pyridine rings is 1. The molecule has 2 aromatic heterocycles. The predicted molar refractivity (Wildman–Crippen MR) is 67.9 cm³/mol. The van der Waals surface area contributed by atoms with Gasteiger partial charge in [0.25, 0.3) is 0 Å². The number of thiophene rings is 1. The van der Waals surface area contributed by atoms with E-state index in [0.717, 1.165) is 4.88 Å². The van der Waals surface area contributed by atoms with E-state index < -0.39 is 5.97 Å². The van der Waals surface area contributed by atoms with Crippen LogP contribution in [-0.2, 0) is 6.54 Å². The van der Waals surface area contributed by atoms with Gasteiger partial charge in [0.1, 0.15) is 0 Å². The van der Waals surface area contributed by atoms with Crippen molar-refractivity contribution in [2.45, 2.75) is 6.54 Å². The zero-order chi connectivity index (χ0) is 12.3. The van der Waals surface area contributed by atoms with Crippen molar-refractivity contribution >= 4 is 34.6 Å². The molecule has 0 spiro atoms. The van der Waals surface area contributed by atoms with Crippen molar-refractivity contribution in [3.05, 3.63) is 45.4 Å². The monoisotopic (exact) mass is 268 g/mol. The number of hydrogen-bond acceptors (Lipinski definition) is 4. The molecule has 4 nitrogen and oxygen atoms in total. The van der Waals surface area contributed by atoms with E-state index in [-0.39, 0.29) is 5.69 Å². The summed E-state index contributed by atoms with van der Waals surface area (Å²) in [4.78, 5) is 15.8. The number of carboxylic acid groups (broad SMARTS) is 1. The summed E-state index contributed by atoms with van der Waals surface area (Å²) in [5, 5.41) is 12.0. The largest absolute Gasteiger partial charge is 0.476 e. The fourth-order valence-corrected chi connectivity index (χ4v) is 2.37. The van der Waals surface area contributed by atoms with E-state index in [2.05, 4.69) is 10.3 Å². The molecule has 6 heteroatoms. The van der Waals surface area contributed by atoms with Crippen LogP contribution in [0.25, 0.3) is 0 Å². The minimum atomic E-state index is -1.04. The van der Waals surface area contributed by atoms with Crippen LogP contribution in [0.3, 0.4) is 0 Å². The molecule has 0 aromatic carbocycles. The molecule has 0 amide bonds. The normalized spacial score (nSPS) is 10.2. The molecule has 17 heavy (non-hydrogen) atoms. The SMILES string of the molecule is O=C(O)c1ncccc1NCc1ccc(Cl)s1. The number of carboxylic acids is 1. The van der Waals surface area contributed by atoms with Crippen molar-refractivity contribution in [2.75, 3.05) is 5.32 Å². The summed E-state index contributed by atoms with van der Waals surface area (Å²) in [6.45, 7) is 0.531. The van der Waals surface area contributed by atoms with Crippen LogP contribution in [0.15, 0.2) is 30.5 Å². The maximum absolute atomic E-state index is 10.9. The van der Waals surface area contributed by atoms with Gasteiger partial charge >= 0.3 is 5.97 Å². The highest BCUT2D eigenvalue weighted by Crippen LogP contribution is 2.22. The van der Waals surface area contributed by atoms with E-state index in [1.165, 1.54) is 17.5 Å². The van der Waals surface area contributed by atoms with Crippen molar-refractivity contribution in [2.24, 2.45) is 0 Å². The van der Waals surface area contributed by atoms with Gasteiger partial charge in [-0.2, -0.15) is 0 Å². The molecular formula is C11H9ClN2O2S. The summed E-state index contributed by atoms with van der Waals surface area (Å²) in [5.74, 6) is -1.04. The van der Waals surface area contributed by atoms with Crippen molar-refractivity contribution in [1.82, 2.24) is 4.98 Å². The minimum absolute atomic E-state index is 0.0233. The molecule has 0 bridgehead atoms. The number of anilines is 1. The molecule has 0 radical (unpaired) electrons. The number of halogens is 1. The van der Waals surface area contributed by atoms with Gasteiger partial charge in [-0.25, -0.2) is 9.78 Å². The van der Waals surface area contributed by atoms with Crippen molar-refractivity contribution < 1.29 is 9.90 Å². The zero-order valence-corrected chi connectivity index (χ0v) is 10.3. The maximum Gasteiger partial charge on any atom is 0.356 e. The lowest BCUT2D eigenvalue weighted by molar-refractivity contribution is 0.0691. The second kappa shape index (κ2) is 5.16. The van der Waals surface area contributed by atoms with Gasteiger partial charge in [-0.05, 0) is 24.3 Å². The van der Waals surface area contributed by atoms with Gasteiger partial charge in [-0.15, -0.1) is 11.3 Å². The maximum atomic E-state index is 10.9. The lowest BCUT2D eigenvalue weighted by Crippen LogP contribution is -2.07. The Kier molecular flexibility index (Phi) is 3.61. The molecule has 88 valence electrons. The molecular weight excluding hydrogens is 260 g/mol. The third kappa shape index (κ3) is 2.95. The first kappa shape index (κ1) is 11.9. The Bertz CT molecular complexity index is 542. The van der Waals surface area contributed by atoms with E-state index >= 15 is 0 Å². The van der Waals surface area contributed by atoms with Crippen LogP contribution < -0.4 is 5.32 Å². The van der Waals surface area contributed by atoms with Gasteiger partial charge in [0.05, 0.1) is 10.0 Å². The first-order chi connectivity index (χ1) is 8.16. The molecule has 0 aliphatic carbocycles. The summed E-state index contributed by atoms with van der Waals surface area (Å²) in [7, 11) is 0. The first-order valence-corrected chi connectivity index (χ1v) is 6.02. The second-order valence-electron chi connectivity index (χ2n) is 3.26. The number of aromatic nitrogens is 1. The molecule has 0 aliphatic rings. The van der Waals surface area contributed by atoms with Crippen molar-refractivity contribution in [3.63, 3.8) is 0 Å². The highest BCUT2D eigenvalue weighted by Gasteiger charge is 2.10. The van der Waals surface area contributed by atoms with Gasteiger partial charge in [-0.3, -0.25) is 0 Å². The molecule has 0 saturated heterocycles. The van der Waals surface area contributed by atoms with Crippen LogP contribution in [0.1, 0.15) is 15.4 Å². The van der Waals surface area contributed by atoms with Crippen LogP contribution in [0.4, 0.5) is 5.69 Å². The lowest BCUT2D eigenvalue weighted by Gasteiger charge is -2.06. The van der Waals surface area contributed by atoms with E-state index in [4.69, 9.17) is 16.7 Å². The molecule has 0 fully saturated rings. The number of aromatic carboxylic acids is 1. The van der Waals surface area contributed by atoms with Crippen LogP contribution in [0.5, 0.6) is 0 Å². The molecule has 2 aromatic rings. The van der Waals surface area contributed by atoms with Crippen LogP contribution in [0.2, 0.25) is 4.34 Å². The summed E-state index contributed by atoms with van der Waals surface area (Å²) in [6.07, 6.45) is 1.46. The number of carbonyl (C=O) groups is 1. The topological polar surface area (TPSA) is 62.2 Å². The number of rotatable bonds is 4. The Balaban J connectivity index is 2.11. The minimum Gasteiger partial charge on any atom is -0.476 e.